The van der Waals surface area contributed by atoms with E-state index in [-0.39, 0.29) is 11.7 Å². The maximum atomic E-state index is 10.9. The molecular weight excluding hydrogens is 374 g/mol. The van der Waals surface area contributed by atoms with E-state index in [4.69, 9.17) is 4.98 Å². The molecule has 2 aromatic carbocycles. The van der Waals surface area contributed by atoms with E-state index in [0.717, 1.165) is 42.4 Å². The summed E-state index contributed by atoms with van der Waals surface area (Å²) in [4.78, 5) is 19.8. The second-order valence-electron chi connectivity index (χ2n) is 6.79. The molecule has 1 unspecified atom stereocenters. The van der Waals surface area contributed by atoms with Gasteiger partial charge in [-0.25, -0.2) is 4.98 Å². The average Bonchev–Trinajstić information content (AvgIpc) is 3.17. The van der Waals surface area contributed by atoms with Crippen LogP contribution in [0.25, 0.3) is 10.2 Å². The van der Waals surface area contributed by atoms with Crippen molar-refractivity contribution in [3.05, 3.63) is 63.1 Å². The third-order valence-electron chi connectivity index (χ3n) is 5.18. The fourth-order valence-corrected chi connectivity index (χ4v) is 4.63. The molecule has 1 aliphatic rings. The summed E-state index contributed by atoms with van der Waals surface area (Å²) < 4.78 is 1.20. The van der Waals surface area contributed by atoms with Gasteiger partial charge in [0.05, 0.1) is 32.4 Å². The van der Waals surface area contributed by atoms with Gasteiger partial charge >= 0.3 is 0 Å². The number of para-hydroxylation sites is 1. The molecule has 0 radical (unpaired) electrons. The number of nitro groups is 1. The standard InChI is InChI=1S/C20H19N5O2S/c1-14(20-22-17-4-2-3-5-19(17)28-20)23-8-10-24(11-9-23)18-7-6-16(25(26)27)12-15(18)13-21/h2-7,12,14H,8-11H2,1H3. The second kappa shape index (κ2) is 7.54. The summed E-state index contributed by atoms with van der Waals surface area (Å²) in [5.74, 6) is 0. The minimum Gasteiger partial charge on any atom is -0.368 e. The lowest BCUT2D eigenvalue weighted by Crippen LogP contribution is -2.47. The van der Waals surface area contributed by atoms with Gasteiger partial charge in [0, 0.05) is 38.3 Å². The third kappa shape index (κ3) is 3.42. The molecule has 0 spiro atoms. The molecule has 1 aromatic heterocycles. The lowest BCUT2D eigenvalue weighted by atomic mass is 10.1. The molecule has 1 atom stereocenters. The number of thiazole rings is 1. The molecule has 8 heteroatoms. The Morgan fingerprint density at radius 2 is 1.96 bits per heavy atom. The van der Waals surface area contributed by atoms with Crippen LogP contribution in [0.1, 0.15) is 23.5 Å². The van der Waals surface area contributed by atoms with Gasteiger partial charge in [-0.2, -0.15) is 5.26 Å². The van der Waals surface area contributed by atoms with Gasteiger partial charge in [0.2, 0.25) is 0 Å². The Hall–Kier alpha value is -3.02. The van der Waals surface area contributed by atoms with Crippen LogP contribution in [-0.4, -0.2) is 41.0 Å². The van der Waals surface area contributed by atoms with E-state index in [1.807, 2.05) is 18.2 Å². The number of piperazine rings is 1. The Morgan fingerprint density at radius 3 is 2.64 bits per heavy atom. The summed E-state index contributed by atoms with van der Waals surface area (Å²) >= 11 is 1.73. The van der Waals surface area contributed by atoms with Gasteiger partial charge in [0.25, 0.3) is 5.69 Å². The van der Waals surface area contributed by atoms with Gasteiger partial charge in [-0.05, 0) is 25.1 Å². The zero-order valence-electron chi connectivity index (χ0n) is 15.4. The molecule has 1 aliphatic heterocycles. The van der Waals surface area contributed by atoms with Gasteiger partial charge in [-0.1, -0.05) is 12.1 Å². The van der Waals surface area contributed by atoms with Crippen LogP contribution in [0, 0.1) is 21.4 Å². The summed E-state index contributed by atoms with van der Waals surface area (Å²) in [6.45, 7) is 5.40. The maximum absolute atomic E-state index is 10.9. The van der Waals surface area contributed by atoms with Crippen molar-refractivity contribution in [2.75, 3.05) is 31.1 Å². The van der Waals surface area contributed by atoms with Crippen LogP contribution >= 0.6 is 11.3 Å². The van der Waals surface area contributed by atoms with Crippen LogP contribution in [0.5, 0.6) is 0 Å². The number of nitro benzene ring substituents is 1. The van der Waals surface area contributed by atoms with Crippen LogP contribution < -0.4 is 4.90 Å². The molecule has 1 saturated heterocycles. The average molecular weight is 393 g/mol. The van der Waals surface area contributed by atoms with Crippen molar-refractivity contribution >= 4 is 32.9 Å². The fraction of sp³-hybridized carbons (Fsp3) is 0.300. The summed E-state index contributed by atoms with van der Waals surface area (Å²) in [6, 6.07) is 15.0. The highest BCUT2D eigenvalue weighted by Crippen LogP contribution is 2.31. The third-order valence-corrected chi connectivity index (χ3v) is 6.39. The SMILES string of the molecule is CC(c1nc2ccccc2s1)N1CCN(c2ccc([N+](=O)[O-])cc2C#N)CC1. The van der Waals surface area contributed by atoms with E-state index in [2.05, 4.69) is 28.9 Å². The predicted molar refractivity (Wildman–Crippen MR) is 110 cm³/mol. The van der Waals surface area contributed by atoms with Gasteiger partial charge in [0.15, 0.2) is 0 Å². The molecule has 2 heterocycles. The molecule has 0 amide bonds. The molecule has 0 bridgehead atoms. The molecule has 7 nitrogen and oxygen atoms in total. The molecule has 28 heavy (non-hydrogen) atoms. The Morgan fingerprint density at radius 1 is 1.21 bits per heavy atom. The highest BCUT2D eigenvalue weighted by Gasteiger charge is 2.26. The smallest absolute Gasteiger partial charge is 0.270 e. The monoisotopic (exact) mass is 393 g/mol. The van der Waals surface area contributed by atoms with Gasteiger partial charge in [-0.3, -0.25) is 15.0 Å². The highest BCUT2D eigenvalue weighted by atomic mass is 32.1. The molecule has 4 rings (SSSR count). The molecular formula is C20H19N5O2S. The zero-order valence-corrected chi connectivity index (χ0v) is 16.2. The quantitative estimate of drug-likeness (QED) is 0.493. The number of non-ortho nitro benzene ring substituents is 1. The first-order chi connectivity index (χ1) is 13.6. The highest BCUT2D eigenvalue weighted by molar-refractivity contribution is 7.18. The Kier molecular flexibility index (Phi) is 4.94. The van der Waals surface area contributed by atoms with Gasteiger partial charge in [-0.15, -0.1) is 11.3 Å². The van der Waals surface area contributed by atoms with E-state index in [1.54, 1.807) is 17.4 Å². The Balaban J connectivity index is 1.47. The molecule has 0 aliphatic carbocycles. The number of anilines is 1. The molecule has 0 saturated carbocycles. The van der Waals surface area contributed by atoms with Crippen molar-refractivity contribution in [2.24, 2.45) is 0 Å². The van der Waals surface area contributed by atoms with E-state index in [1.165, 1.54) is 16.8 Å². The first-order valence-electron chi connectivity index (χ1n) is 9.10. The number of hydrogen-bond donors (Lipinski definition) is 0. The van der Waals surface area contributed by atoms with Crippen LogP contribution in [-0.2, 0) is 0 Å². The number of aromatic nitrogens is 1. The number of fused-ring (bicyclic) bond motifs is 1. The van der Waals surface area contributed by atoms with Gasteiger partial charge in [0.1, 0.15) is 11.1 Å². The number of nitrogens with zero attached hydrogens (tertiary/aromatic N) is 5. The van der Waals surface area contributed by atoms with Crippen molar-refractivity contribution in [3.8, 4) is 6.07 Å². The molecule has 0 N–H and O–H groups in total. The number of nitriles is 1. The summed E-state index contributed by atoms with van der Waals surface area (Å²) in [5, 5.41) is 21.5. The Bertz CT molecular complexity index is 1030. The van der Waals surface area contributed by atoms with E-state index >= 15 is 0 Å². The Labute approximate surface area is 166 Å². The molecule has 1 fully saturated rings. The fourth-order valence-electron chi connectivity index (χ4n) is 3.58. The van der Waals surface area contributed by atoms with Crippen molar-refractivity contribution in [1.29, 1.82) is 5.26 Å². The van der Waals surface area contributed by atoms with Crippen LogP contribution in [0.15, 0.2) is 42.5 Å². The van der Waals surface area contributed by atoms with E-state index < -0.39 is 4.92 Å². The second-order valence-corrected chi connectivity index (χ2v) is 7.85. The largest absolute Gasteiger partial charge is 0.368 e. The van der Waals surface area contributed by atoms with Crippen molar-refractivity contribution in [1.82, 2.24) is 9.88 Å². The first kappa shape index (κ1) is 18.3. The topological polar surface area (TPSA) is 86.3 Å². The van der Waals surface area contributed by atoms with Crippen LogP contribution in [0.2, 0.25) is 0 Å². The normalized spacial score (nSPS) is 16.1. The minimum atomic E-state index is -0.470. The number of rotatable bonds is 4. The minimum absolute atomic E-state index is 0.0524. The van der Waals surface area contributed by atoms with Crippen molar-refractivity contribution in [2.45, 2.75) is 13.0 Å². The molecule has 3 aromatic rings. The van der Waals surface area contributed by atoms with Gasteiger partial charge < -0.3 is 4.90 Å². The maximum Gasteiger partial charge on any atom is 0.270 e. The van der Waals surface area contributed by atoms with Crippen molar-refractivity contribution in [3.63, 3.8) is 0 Å². The summed E-state index contributed by atoms with van der Waals surface area (Å²) in [6.07, 6.45) is 0. The summed E-state index contributed by atoms with van der Waals surface area (Å²) in [7, 11) is 0. The number of hydrogen-bond acceptors (Lipinski definition) is 7. The van der Waals surface area contributed by atoms with E-state index in [9.17, 15) is 15.4 Å². The summed E-state index contributed by atoms with van der Waals surface area (Å²) in [5.41, 5.74) is 2.10. The zero-order chi connectivity index (χ0) is 19.7. The van der Waals surface area contributed by atoms with Crippen LogP contribution in [0.4, 0.5) is 11.4 Å². The van der Waals surface area contributed by atoms with E-state index in [0.29, 0.717) is 5.56 Å². The lowest BCUT2D eigenvalue weighted by Gasteiger charge is -2.38. The van der Waals surface area contributed by atoms with Crippen LogP contribution in [0.3, 0.4) is 0 Å². The first-order valence-corrected chi connectivity index (χ1v) is 9.91. The lowest BCUT2D eigenvalue weighted by molar-refractivity contribution is -0.384. The molecule has 142 valence electrons. The number of benzene rings is 2. The van der Waals surface area contributed by atoms with Crippen molar-refractivity contribution < 1.29 is 4.92 Å². The predicted octanol–water partition coefficient (Wildman–Crippen LogP) is 3.96.